The zero-order valence-corrected chi connectivity index (χ0v) is 13.5. The number of anilines is 1. The summed E-state index contributed by atoms with van der Waals surface area (Å²) in [6, 6.07) is 21.2. The molecule has 0 aromatic heterocycles. The third kappa shape index (κ3) is 3.55. The lowest BCUT2D eigenvalue weighted by Crippen LogP contribution is -2.34. The molecule has 1 amide bonds. The Labute approximate surface area is 140 Å². The molecule has 3 aromatic rings. The Morgan fingerprint density at radius 3 is 2.39 bits per heavy atom. The number of carbonyl (C=O) groups is 1. The highest BCUT2D eigenvalue weighted by atomic mass is 32.1. The largest absolute Gasteiger partial charge is 0.332 e. The van der Waals surface area contributed by atoms with Gasteiger partial charge in [-0.05, 0) is 48.1 Å². The summed E-state index contributed by atoms with van der Waals surface area (Å²) >= 11 is 5.22. The highest BCUT2D eigenvalue weighted by Gasteiger charge is 2.11. The fraction of sp³-hybridized carbons (Fsp3) is 0.0526. The van der Waals surface area contributed by atoms with Gasteiger partial charge in [-0.3, -0.25) is 10.1 Å². The van der Waals surface area contributed by atoms with Crippen molar-refractivity contribution in [1.29, 1.82) is 0 Å². The van der Waals surface area contributed by atoms with Crippen molar-refractivity contribution >= 4 is 39.7 Å². The van der Waals surface area contributed by atoms with E-state index >= 15 is 0 Å². The zero-order valence-electron chi connectivity index (χ0n) is 12.7. The minimum Gasteiger partial charge on any atom is -0.332 e. The Kier molecular flexibility index (Phi) is 4.35. The molecule has 0 atom stereocenters. The van der Waals surface area contributed by atoms with E-state index in [1.165, 1.54) is 5.56 Å². The van der Waals surface area contributed by atoms with E-state index in [0.717, 1.165) is 16.5 Å². The average Bonchev–Trinajstić information content (AvgIpc) is 2.56. The minimum atomic E-state index is -0.216. The molecule has 0 radical (unpaired) electrons. The van der Waals surface area contributed by atoms with E-state index in [2.05, 4.69) is 10.6 Å². The Hall–Kier alpha value is -2.72. The number of rotatable bonds is 2. The van der Waals surface area contributed by atoms with Crippen molar-refractivity contribution in [3.63, 3.8) is 0 Å². The number of benzene rings is 3. The fourth-order valence-electron chi connectivity index (χ4n) is 2.39. The predicted molar refractivity (Wildman–Crippen MR) is 98.8 cm³/mol. The third-order valence-electron chi connectivity index (χ3n) is 3.57. The minimum absolute atomic E-state index is 0.216. The van der Waals surface area contributed by atoms with Gasteiger partial charge in [-0.1, -0.05) is 54.1 Å². The predicted octanol–water partition coefficient (Wildman–Crippen LogP) is 4.28. The summed E-state index contributed by atoms with van der Waals surface area (Å²) in [6.07, 6.45) is 0. The molecule has 2 N–H and O–H groups in total. The SMILES string of the molecule is Cc1ccc(NC(=S)NC(=O)c2cccc3ccccc23)cc1. The second kappa shape index (κ2) is 6.58. The smallest absolute Gasteiger partial charge is 0.258 e. The van der Waals surface area contributed by atoms with Gasteiger partial charge in [0.1, 0.15) is 0 Å². The molecular formula is C19H16N2OS. The van der Waals surface area contributed by atoms with Gasteiger partial charge in [0.25, 0.3) is 5.91 Å². The summed E-state index contributed by atoms with van der Waals surface area (Å²) in [7, 11) is 0. The zero-order chi connectivity index (χ0) is 16.2. The van der Waals surface area contributed by atoms with Crippen LogP contribution >= 0.6 is 12.2 Å². The lowest BCUT2D eigenvalue weighted by atomic mass is 10.0. The van der Waals surface area contributed by atoms with Gasteiger partial charge in [0.05, 0.1) is 0 Å². The molecule has 23 heavy (non-hydrogen) atoms. The molecule has 4 heteroatoms. The van der Waals surface area contributed by atoms with Crippen LogP contribution in [0, 0.1) is 6.92 Å². The number of thiocarbonyl (C=S) groups is 1. The van der Waals surface area contributed by atoms with Gasteiger partial charge < -0.3 is 5.32 Å². The number of fused-ring (bicyclic) bond motifs is 1. The standard InChI is InChI=1S/C19H16N2OS/c1-13-9-11-15(12-10-13)20-19(23)21-18(22)17-8-4-6-14-5-2-3-7-16(14)17/h2-12H,1H3,(H2,20,21,22,23). The van der Waals surface area contributed by atoms with Crippen molar-refractivity contribution in [1.82, 2.24) is 5.32 Å². The fourth-order valence-corrected chi connectivity index (χ4v) is 2.60. The van der Waals surface area contributed by atoms with Gasteiger partial charge in [0.2, 0.25) is 0 Å². The molecule has 114 valence electrons. The first-order valence-electron chi connectivity index (χ1n) is 7.30. The van der Waals surface area contributed by atoms with E-state index in [9.17, 15) is 4.79 Å². The van der Waals surface area contributed by atoms with E-state index in [-0.39, 0.29) is 11.0 Å². The second-order valence-corrected chi connectivity index (χ2v) is 5.71. The van der Waals surface area contributed by atoms with Crippen LogP contribution in [0.3, 0.4) is 0 Å². The maximum Gasteiger partial charge on any atom is 0.258 e. The average molecular weight is 320 g/mol. The molecule has 3 rings (SSSR count). The molecule has 0 unspecified atom stereocenters. The molecule has 0 saturated heterocycles. The lowest BCUT2D eigenvalue weighted by molar-refractivity contribution is 0.0979. The maximum absolute atomic E-state index is 12.5. The normalized spacial score (nSPS) is 10.3. The first-order valence-corrected chi connectivity index (χ1v) is 7.71. The van der Waals surface area contributed by atoms with Crippen LogP contribution < -0.4 is 10.6 Å². The van der Waals surface area contributed by atoms with Gasteiger partial charge in [0.15, 0.2) is 5.11 Å². The molecule has 3 aromatic carbocycles. The molecule has 0 saturated carbocycles. The van der Waals surface area contributed by atoms with Crippen molar-refractivity contribution in [2.75, 3.05) is 5.32 Å². The van der Waals surface area contributed by atoms with Crippen LogP contribution in [0.4, 0.5) is 5.69 Å². The van der Waals surface area contributed by atoms with Crippen LogP contribution in [0.1, 0.15) is 15.9 Å². The van der Waals surface area contributed by atoms with Crippen molar-refractivity contribution < 1.29 is 4.79 Å². The summed E-state index contributed by atoms with van der Waals surface area (Å²) in [6.45, 7) is 2.02. The number of nitrogens with one attached hydrogen (secondary N) is 2. The molecule has 0 aliphatic carbocycles. The number of amides is 1. The number of hydrogen-bond donors (Lipinski definition) is 2. The van der Waals surface area contributed by atoms with Crippen LogP contribution in [-0.2, 0) is 0 Å². The van der Waals surface area contributed by atoms with Crippen LogP contribution in [0.15, 0.2) is 66.7 Å². The summed E-state index contributed by atoms with van der Waals surface area (Å²) < 4.78 is 0. The van der Waals surface area contributed by atoms with E-state index in [4.69, 9.17) is 12.2 Å². The van der Waals surface area contributed by atoms with Crippen molar-refractivity contribution in [2.24, 2.45) is 0 Å². The van der Waals surface area contributed by atoms with Gasteiger partial charge in [-0.2, -0.15) is 0 Å². The quantitative estimate of drug-likeness (QED) is 0.693. The highest BCUT2D eigenvalue weighted by molar-refractivity contribution is 7.80. The maximum atomic E-state index is 12.5. The molecule has 3 nitrogen and oxygen atoms in total. The first-order chi connectivity index (χ1) is 11.1. The van der Waals surface area contributed by atoms with Crippen LogP contribution in [-0.4, -0.2) is 11.0 Å². The topological polar surface area (TPSA) is 41.1 Å². The Morgan fingerprint density at radius 1 is 0.913 bits per heavy atom. The van der Waals surface area contributed by atoms with Gasteiger partial charge in [-0.25, -0.2) is 0 Å². The van der Waals surface area contributed by atoms with E-state index < -0.39 is 0 Å². The molecule has 0 aliphatic heterocycles. The van der Waals surface area contributed by atoms with Crippen LogP contribution in [0.25, 0.3) is 10.8 Å². The molecule has 0 fully saturated rings. The molecule has 0 spiro atoms. The summed E-state index contributed by atoms with van der Waals surface area (Å²) in [5.74, 6) is -0.216. The summed E-state index contributed by atoms with van der Waals surface area (Å²) in [4.78, 5) is 12.5. The summed E-state index contributed by atoms with van der Waals surface area (Å²) in [5.41, 5.74) is 2.62. The van der Waals surface area contributed by atoms with Gasteiger partial charge >= 0.3 is 0 Å². The van der Waals surface area contributed by atoms with Crippen molar-refractivity contribution in [3.05, 3.63) is 77.9 Å². The van der Waals surface area contributed by atoms with Crippen LogP contribution in [0.2, 0.25) is 0 Å². The lowest BCUT2D eigenvalue weighted by Gasteiger charge is -2.11. The van der Waals surface area contributed by atoms with Gasteiger partial charge in [-0.15, -0.1) is 0 Å². The number of aryl methyl sites for hydroxylation is 1. The number of hydrogen-bond acceptors (Lipinski definition) is 2. The van der Waals surface area contributed by atoms with Gasteiger partial charge in [0, 0.05) is 11.3 Å². The molecule has 0 aliphatic rings. The van der Waals surface area contributed by atoms with E-state index in [0.29, 0.717) is 5.56 Å². The van der Waals surface area contributed by atoms with E-state index in [1.54, 1.807) is 6.07 Å². The Balaban J connectivity index is 1.75. The van der Waals surface area contributed by atoms with Crippen LogP contribution in [0.5, 0.6) is 0 Å². The monoisotopic (exact) mass is 320 g/mol. The summed E-state index contributed by atoms with van der Waals surface area (Å²) in [5, 5.41) is 7.97. The molecular weight excluding hydrogens is 304 g/mol. The Morgan fingerprint density at radius 2 is 1.61 bits per heavy atom. The van der Waals surface area contributed by atoms with Crippen molar-refractivity contribution in [2.45, 2.75) is 6.92 Å². The third-order valence-corrected chi connectivity index (χ3v) is 3.77. The Bertz CT molecular complexity index is 867. The highest BCUT2D eigenvalue weighted by Crippen LogP contribution is 2.18. The number of carbonyl (C=O) groups excluding carboxylic acids is 1. The molecule has 0 heterocycles. The van der Waals surface area contributed by atoms with E-state index in [1.807, 2.05) is 67.6 Å². The first kappa shape index (κ1) is 15.2. The second-order valence-electron chi connectivity index (χ2n) is 5.30. The molecule has 0 bridgehead atoms. The van der Waals surface area contributed by atoms with Crippen molar-refractivity contribution in [3.8, 4) is 0 Å².